The van der Waals surface area contributed by atoms with E-state index in [1.807, 2.05) is 42.9 Å². The lowest BCUT2D eigenvalue weighted by atomic mass is 10.2. The molecule has 6 heteroatoms. The lowest BCUT2D eigenvalue weighted by Gasteiger charge is -2.07. The van der Waals surface area contributed by atoms with Gasteiger partial charge in [-0.3, -0.25) is 4.68 Å². The van der Waals surface area contributed by atoms with E-state index < -0.39 is 0 Å². The molecule has 4 nitrogen and oxygen atoms in total. The Morgan fingerprint density at radius 2 is 2.16 bits per heavy atom. The third-order valence-electron chi connectivity index (χ3n) is 2.87. The topological polar surface area (TPSA) is 50.1 Å². The van der Waals surface area contributed by atoms with Crippen molar-refractivity contribution in [3.8, 4) is 0 Å². The fourth-order valence-electron chi connectivity index (χ4n) is 1.91. The molecule has 0 fully saturated rings. The lowest BCUT2D eigenvalue weighted by molar-refractivity contribution is 0.160. The summed E-state index contributed by atoms with van der Waals surface area (Å²) in [5.74, 6) is 0.775. The van der Waals surface area contributed by atoms with Crippen molar-refractivity contribution in [3.63, 3.8) is 0 Å². The first-order valence-electron chi connectivity index (χ1n) is 5.89. The van der Waals surface area contributed by atoms with Crippen LogP contribution in [0.5, 0.6) is 0 Å². The van der Waals surface area contributed by atoms with E-state index in [4.69, 9.17) is 16.8 Å². The van der Waals surface area contributed by atoms with Crippen LogP contribution >= 0.6 is 23.4 Å². The average Bonchev–Trinajstić information content (AvgIpc) is 2.64. The number of aryl methyl sites for hydroxylation is 2. The summed E-state index contributed by atoms with van der Waals surface area (Å²) in [5.41, 5.74) is 5.23. The standard InChI is InChI=1S/C13H16ClN3OS/c1-9-11(7-15-18)13(17(2)16-9)19-8-10-5-3-4-6-12(10)14/h3-6,15,18H,7-8H2,1-2H3. The number of nitrogens with zero attached hydrogens (tertiary/aromatic N) is 2. The second-order valence-electron chi connectivity index (χ2n) is 4.21. The van der Waals surface area contributed by atoms with Gasteiger partial charge in [0.2, 0.25) is 0 Å². The van der Waals surface area contributed by atoms with Crippen molar-refractivity contribution < 1.29 is 5.21 Å². The summed E-state index contributed by atoms with van der Waals surface area (Å²) in [6.45, 7) is 2.33. The maximum absolute atomic E-state index is 8.89. The van der Waals surface area contributed by atoms with Crippen molar-refractivity contribution in [2.45, 2.75) is 24.2 Å². The molecule has 0 amide bonds. The lowest BCUT2D eigenvalue weighted by Crippen LogP contribution is -2.07. The number of benzene rings is 1. The smallest absolute Gasteiger partial charge is 0.0988 e. The minimum Gasteiger partial charge on any atom is -0.316 e. The van der Waals surface area contributed by atoms with Gasteiger partial charge in [0.25, 0.3) is 0 Å². The van der Waals surface area contributed by atoms with Gasteiger partial charge in [-0.05, 0) is 18.6 Å². The minimum absolute atomic E-state index is 0.393. The minimum atomic E-state index is 0.393. The summed E-state index contributed by atoms with van der Waals surface area (Å²) in [6, 6.07) is 7.81. The van der Waals surface area contributed by atoms with Crippen LogP contribution in [-0.4, -0.2) is 15.0 Å². The summed E-state index contributed by atoms with van der Waals surface area (Å²) in [5, 5.41) is 15.1. The SMILES string of the molecule is Cc1nn(C)c(SCc2ccccc2Cl)c1CNO. The number of hydroxylamine groups is 1. The van der Waals surface area contributed by atoms with Crippen molar-refractivity contribution >= 4 is 23.4 Å². The van der Waals surface area contributed by atoms with Crippen molar-refractivity contribution in [2.75, 3.05) is 0 Å². The molecule has 0 bridgehead atoms. The molecule has 1 aromatic heterocycles. The molecule has 102 valence electrons. The molecule has 2 rings (SSSR count). The Morgan fingerprint density at radius 3 is 2.84 bits per heavy atom. The Kier molecular flexibility index (Phi) is 4.87. The monoisotopic (exact) mass is 297 g/mol. The molecule has 19 heavy (non-hydrogen) atoms. The van der Waals surface area contributed by atoms with E-state index in [1.165, 1.54) is 0 Å². The molecule has 1 aromatic carbocycles. The highest BCUT2D eigenvalue weighted by Crippen LogP contribution is 2.30. The fourth-order valence-corrected chi connectivity index (χ4v) is 3.35. The van der Waals surface area contributed by atoms with Crippen molar-refractivity contribution in [1.82, 2.24) is 15.3 Å². The van der Waals surface area contributed by atoms with Crippen LogP contribution in [-0.2, 0) is 19.3 Å². The van der Waals surface area contributed by atoms with Crippen LogP contribution in [0.4, 0.5) is 0 Å². The third-order valence-corrected chi connectivity index (χ3v) is 4.48. The number of rotatable bonds is 5. The Labute approximate surface area is 121 Å². The number of halogens is 1. The van der Waals surface area contributed by atoms with Crippen LogP contribution in [0.15, 0.2) is 29.3 Å². The maximum Gasteiger partial charge on any atom is 0.0988 e. The van der Waals surface area contributed by atoms with Gasteiger partial charge in [-0.1, -0.05) is 29.8 Å². The summed E-state index contributed by atoms with van der Waals surface area (Å²) < 4.78 is 1.84. The van der Waals surface area contributed by atoms with Gasteiger partial charge >= 0.3 is 0 Å². The quantitative estimate of drug-likeness (QED) is 0.657. The van der Waals surface area contributed by atoms with Crippen LogP contribution in [0.2, 0.25) is 5.02 Å². The molecule has 0 saturated carbocycles. The highest BCUT2D eigenvalue weighted by molar-refractivity contribution is 7.98. The zero-order valence-corrected chi connectivity index (χ0v) is 12.4. The Morgan fingerprint density at radius 1 is 1.42 bits per heavy atom. The Hall–Kier alpha value is -1.01. The van der Waals surface area contributed by atoms with Gasteiger partial charge < -0.3 is 5.21 Å². The van der Waals surface area contributed by atoms with Crippen molar-refractivity contribution in [3.05, 3.63) is 46.1 Å². The fraction of sp³-hybridized carbons (Fsp3) is 0.308. The van der Waals surface area contributed by atoms with E-state index in [1.54, 1.807) is 11.8 Å². The van der Waals surface area contributed by atoms with Gasteiger partial charge in [-0.2, -0.15) is 5.10 Å². The molecule has 0 aliphatic carbocycles. The van der Waals surface area contributed by atoms with E-state index in [-0.39, 0.29) is 0 Å². The molecule has 1 heterocycles. The first-order chi connectivity index (χ1) is 9.13. The maximum atomic E-state index is 8.89. The molecule has 0 spiro atoms. The molecular weight excluding hydrogens is 282 g/mol. The van der Waals surface area contributed by atoms with Gasteiger partial charge in [0, 0.05) is 23.4 Å². The van der Waals surface area contributed by atoms with Crippen LogP contribution in [0.1, 0.15) is 16.8 Å². The second kappa shape index (κ2) is 6.43. The predicted octanol–water partition coefficient (Wildman–Crippen LogP) is 3.15. The van der Waals surface area contributed by atoms with Gasteiger partial charge in [0.15, 0.2) is 0 Å². The third kappa shape index (κ3) is 3.30. The van der Waals surface area contributed by atoms with Gasteiger partial charge in [0.1, 0.15) is 0 Å². The first kappa shape index (κ1) is 14.4. The molecule has 0 radical (unpaired) electrons. The Bertz CT molecular complexity index is 571. The highest BCUT2D eigenvalue weighted by Gasteiger charge is 2.13. The average molecular weight is 298 g/mol. The molecule has 0 aliphatic rings. The van der Waals surface area contributed by atoms with E-state index in [2.05, 4.69) is 10.6 Å². The predicted molar refractivity (Wildman–Crippen MR) is 77.6 cm³/mol. The zero-order chi connectivity index (χ0) is 13.8. The number of aromatic nitrogens is 2. The van der Waals surface area contributed by atoms with Crippen LogP contribution in [0.3, 0.4) is 0 Å². The number of nitrogens with one attached hydrogen (secondary N) is 1. The van der Waals surface area contributed by atoms with E-state index in [0.29, 0.717) is 6.54 Å². The Balaban J connectivity index is 2.17. The van der Waals surface area contributed by atoms with Gasteiger partial charge in [0.05, 0.1) is 17.3 Å². The molecule has 0 unspecified atom stereocenters. The van der Waals surface area contributed by atoms with Gasteiger partial charge in [-0.15, -0.1) is 11.8 Å². The van der Waals surface area contributed by atoms with E-state index in [9.17, 15) is 0 Å². The van der Waals surface area contributed by atoms with Crippen LogP contribution in [0.25, 0.3) is 0 Å². The number of hydrogen-bond donors (Lipinski definition) is 2. The van der Waals surface area contributed by atoms with Crippen LogP contribution in [0, 0.1) is 6.92 Å². The largest absolute Gasteiger partial charge is 0.316 e. The van der Waals surface area contributed by atoms with Crippen molar-refractivity contribution in [2.24, 2.45) is 7.05 Å². The van der Waals surface area contributed by atoms with Crippen molar-refractivity contribution in [1.29, 1.82) is 0 Å². The van der Waals surface area contributed by atoms with E-state index >= 15 is 0 Å². The second-order valence-corrected chi connectivity index (χ2v) is 5.58. The molecular formula is C13H16ClN3OS. The van der Waals surface area contributed by atoms with Crippen LogP contribution < -0.4 is 5.48 Å². The molecule has 2 N–H and O–H groups in total. The highest BCUT2D eigenvalue weighted by atomic mass is 35.5. The number of thioether (sulfide) groups is 1. The molecule has 2 aromatic rings. The molecule has 0 saturated heterocycles. The summed E-state index contributed by atoms with van der Waals surface area (Å²) in [7, 11) is 1.91. The summed E-state index contributed by atoms with van der Waals surface area (Å²) >= 11 is 7.81. The summed E-state index contributed by atoms with van der Waals surface area (Å²) in [6.07, 6.45) is 0. The number of hydrogen-bond acceptors (Lipinski definition) is 4. The molecule has 0 aliphatic heterocycles. The van der Waals surface area contributed by atoms with Gasteiger partial charge in [-0.25, -0.2) is 5.48 Å². The molecule has 0 atom stereocenters. The first-order valence-corrected chi connectivity index (χ1v) is 7.25. The zero-order valence-electron chi connectivity index (χ0n) is 10.9. The van der Waals surface area contributed by atoms with E-state index in [0.717, 1.165) is 32.6 Å². The normalized spacial score (nSPS) is 10.9. The summed E-state index contributed by atoms with van der Waals surface area (Å²) in [4.78, 5) is 0.